The number of allylic oxidation sites excluding steroid dienone is 1. The highest BCUT2D eigenvalue weighted by atomic mass is 16.6. The van der Waals surface area contributed by atoms with Crippen LogP contribution in [-0.2, 0) is 9.57 Å². The number of oxime groups is 1. The summed E-state index contributed by atoms with van der Waals surface area (Å²) >= 11 is 0. The number of ether oxygens (including phenoxy) is 1. The molecule has 0 fully saturated rings. The molecule has 0 atom stereocenters. The van der Waals surface area contributed by atoms with Crippen LogP contribution in [0.2, 0.25) is 0 Å². The maximum Gasteiger partial charge on any atom is 0.409 e. The zero-order valence-corrected chi connectivity index (χ0v) is 11.4. The standard InChI is InChI=1S/C13H24N2O3/c1-4-6-7-8-10-15(3)13(16)17-11-12-18-14-9-5-2/h4,9H,1,5-8,10-12H2,2-3H3. The Morgan fingerprint density at radius 1 is 1.39 bits per heavy atom. The molecule has 0 aliphatic heterocycles. The van der Waals surface area contributed by atoms with Crippen LogP contribution in [0.3, 0.4) is 0 Å². The second-order valence-electron chi connectivity index (χ2n) is 3.85. The zero-order chi connectivity index (χ0) is 13.6. The van der Waals surface area contributed by atoms with Crippen LogP contribution in [0.5, 0.6) is 0 Å². The minimum Gasteiger partial charge on any atom is -0.446 e. The largest absolute Gasteiger partial charge is 0.446 e. The van der Waals surface area contributed by atoms with Crippen LogP contribution in [-0.4, -0.2) is 44.0 Å². The molecule has 0 unspecified atom stereocenters. The fraction of sp³-hybridized carbons (Fsp3) is 0.692. The Kier molecular flexibility index (Phi) is 10.9. The monoisotopic (exact) mass is 256 g/mol. The van der Waals surface area contributed by atoms with Crippen molar-refractivity contribution in [3.8, 4) is 0 Å². The number of nitrogens with zero attached hydrogens (tertiary/aromatic N) is 2. The van der Waals surface area contributed by atoms with Gasteiger partial charge in [-0.2, -0.15) is 0 Å². The Labute approximate surface area is 109 Å². The molecule has 0 rings (SSSR count). The van der Waals surface area contributed by atoms with Crippen LogP contribution in [0.25, 0.3) is 0 Å². The summed E-state index contributed by atoms with van der Waals surface area (Å²) in [5.41, 5.74) is 0. The van der Waals surface area contributed by atoms with Crippen LogP contribution in [0.15, 0.2) is 17.8 Å². The van der Waals surface area contributed by atoms with Gasteiger partial charge in [-0.25, -0.2) is 4.79 Å². The van der Waals surface area contributed by atoms with Crippen molar-refractivity contribution in [1.29, 1.82) is 0 Å². The number of amides is 1. The fourth-order valence-electron chi connectivity index (χ4n) is 1.19. The van der Waals surface area contributed by atoms with Gasteiger partial charge in [-0.1, -0.05) is 18.2 Å². The average Bonchev–Trinajstić information content (AvgIpc) is 2.38. The molecular weight excluding hydrogens is 232 g/mol. The molecule has 0 heterocycles. The smallest absolute Gasteiger partial charge is 0.409 e. The van der Waals surface area contributed by atoms with Gasteiger partial charge in [-0.05, 0) is 25.7 Å². The Balaban J connectivity index is 3.49. The second kappa shape index (κ2) is 12.0. The lowest BCUT2D eigenvalue weighted by molar-refractivity contribution is 0.0615. The number of hydrogen-bond acceptors (Lipinski definition) is 4. The normalized spacial score (nSPS) is 10.3. The van der Waals surface area contributed by atoms with Crippen LogP contribution < -0.4 is 0 Å². The lowest BCUT2D eigenvalue weighted by Gasteiger charge is -2.16. The van der Waals surface area contributed by atoms with Crippen molar-refractivity contribution >= 4 is 12.3 Å². The van der Waals surface area contributed by atoms with Gasteiger partial charge in [0.1, 0.15) is 6.61 Å². The van der Waals surface area contributed by atoms with Gasteiger partial charge in [0.2, 0.25) is 0 Å². The molecule has 5 nitrogen and oxygen atoms in total. The maximum absolute atomic E-state index is 11.5. The molecule has 104 valence electrons. The maximum atomic E-state index is 11.5. The first-order valence-electron chi connectivity index (χ1n) is 6.35. The van der Waals surface area contributed by atoms with Crippen molar-refractivity contribution in [2.24, 2.45) is 5.16 Å². The number of rotatable bonds is 10. The molecule has 0 aliphatic carbocycles. The predicted octanol–water partition coefficient (Wildman–Crippen LogP) is 2.82. The molecule has 0 aliphatic rings. The van der Waals surface area contributed by atoms with E-state index in [1.54, 1.807) is 18.2 Å². The van der Waals surface area contributed by atoms with Crippen molar-refractivity contribution in [2.75, 3.05) is 26.8 Å². The van der Waals surface area contributed by atoms with Crippen molar-refractivity contribution < 1.29 is 14.4 Å². The summed E-state index contributed by atoms with van der Waals surface area (Å²) in [5, 5.41) is 3.66. The minimum absolute atomic E-state index is 0.219. The van der Waals surface area contributed by atoms with Crippen LogP contribution in [0.4, 0.5) is 4.79 Å². The third kappa shape index (κ3) is 9.69. The van der Waals surface area contributed by atoms with Gasteiger partial charge in [0, 0.05) is 19.8 Å². The highest BCUT2D eigenvalue weighted by molar-refractivity contribution is 5.67. The molecule has 0 radical (unpaired) electrons. The van der Waals surface area contributed by atoms with Crippen molar-refractivity contribution in [3.63, 3.8) is 0 Å². The molecule has 0 aromatic carbocycles. The van der Waals surface area contributed by atoms with E-state index in [0.717, 1.165) is 25.7 Å². The van der Waals surface area contributed by atoms with Crippen molar-refractivity contribution in [3.05, 3.63) is 12.7 Å². The second-order valence-corrected chi connectivity index (χ2v) is 3.85. The molecule has 0 saturated heterocycles. The summed E-state index contributed by atoms with van der Waals surface area (Å²) in [5.74, 6) is 0. The van der Waals surface area contributed by atoms with E-state index in [-0.39, 0.29) is 19.3 Å². The molecule has 18 heavy (non-hydrogen) atoms. The molecule has 0 saturated carbocycles. The Hall–Kier alpha value is -1.52. The molecule has 0 N–H and O–H groups in total. The summed E-state index contributed by atoms with van der Waals surface area (Å²) in [6, 6.07) is 0. The van der Waals surface area contributed by atoms with Crippen molar-refractivity contribution in [1.82, 2.24) is 4.90 Å². The summed E-state index contributed by atoms with van der Waals surface area (Å²) in [4.78, 5) is 17.9. The van der Waals surface area contributed by atoms with Crippen LogP contribution >= 0.6 is 0 Å². The summed E-state index contributed by atoms with van der Waals surface area (Å²) < 4.78 is 5.01. The minimum atomic E-state index is -0.323. The van der Waals surface area contributed by atoms with Crippen LogP contribution in [0, 0.1) is 0 Å². The Bertz CT molecular complexity index is 255. The Morgan fingerprint density at radius 2 is 2.17 bits per heavy atom. The van der Waals surface area contributed by atoms with Gasteiger partial charge in [-0.3, -0.25) is 0 Å². The third-order valence-corrected chi connectivity index (χ3v) is 2.20. The quantitative estimate of drug-likeness (QED) is 0.261. The van der Waals surface area contributed by atoms with E-state index >= 15 is 0 Å². The van der Waals surface area contributed by atoms with Crippen molar-refractivity contribution in [2.45, 2.75) is 32.6 Å². The van der Waals surface area contributed by atoms with Gasteiger partial charge in [0.25, 0.3) is 0 Å². The van der Waals surface area contributed by atoms with Gasteiger partial charge in [0.15, 0.2) is 6.61 Å². The lowest BCUT2D eigenvalue weighted by Crippen LogP contribution is -2.29. The van der Waals surface area contributed by atoms with Crippen LogP contribution in [0.1, 0.15) is 32.6 Å². The highest BCUT2D eigenvalue weighted by Gasteiger charge is 2.08. The lowest BCUT2D eigenvalue weighted by atomic mass is 10.2. The van der Waals surface area contributed by atoms with E-state index in [1.807, 2.05) is 13.0 Å². The molecule has 0 aromatic heterocycles. The molecular formula is C13H24N2O3. The van der Waals surface area contributed by atoms with E-state index in [1.165, 1.54) is 0 Å². The first-order chi connectivity index (χ1) is 8.72. The van der Waals surface area contributed by atoms with E-state index < -0.39 is 0 Å². The van der Waals surface area contributed by atoms with E-state index in [0.29, 0.717) is 6.54 Å². The molecule has 0 aromatic rings. The number of carbonyl (C=O) groups excluding carboxylic acids is 1. The zero-order valence-electron chi connectivity index (χ0n) is 11.4. The van der Waals surface area contributed by atoms with Gasteiger partial charge < -0.3 is 14.5 Å². The number of hydrogen-bond donors (Lipinski definition) is 0. The Morgan fingerprint density at radius 3 is 2.83 bits per heavy atom. The average molecular weight is 256 g/mol. The van der Waals surface area contributed by atoms with E-state index in [2.05, 4.69) is 11.7 Å². The number of unbranched alkanes of at least 4 members (excludes halogenated alkanes) is 2. The molecule has 1 amide bonds. The first-order valence-corrected chi connectivity index (χ1v) is 6.35. The van der Waals surface area contributed by atoms with E-state index in [9.17, 15) is 4.79 Å². The predicted molar refractivity (Wildman–Crippen MR) is 72.8 cm³/mol. The number of carbonyl (C=O) groups is 1. The molecule has 0 bridgehead atoms. The summed E-state index contributed by atoms with van der Waals surface area (Å²) in [6.45, 7) is 6.82. The fourth-order valence-corrected chi connectivity index (χ4v) is 1.19. The first kappa shape index (κ1) is 16.5. The molecule has 5 heteroatoms. The molecule has 0 spiro atoms. The topological polar surface area (TPSA) is 51.1 Å². The third-order valence-electron chi connectivity index (χ3n) is 2.20. The van der Waals surface area contributed by atoms with Gasteiger partial charge in [-0.15, -0.1) is 6.58 Å². The summed E-state index contributed by atoms with van der Waals surface area (Å²) in [6.07, 6.45) is 7.02. The van der Waals surface area contributed by atoms with Gasteiger partial charge >= 0.3 is 6.09 Å². The SMILES string of the molecule is C=CCCCCN(C)C(=O)OCCON=CCC. The van der Waals surface area contributed by atoms with E-state index in [4.69, 9.17) is 9.57 Å². The van der Waals surface area contributed by atoms with Gasteiger partial charge in [0.05, 0.1) is 0 Å². The highest BCUT2D eigenvalue weighted by Crippen LogP contribution is 1.99. The summed E-state index contributed by atoms with van der Waals surface area (Å²) in [7, 11) is 1.73.